The van der Waals surface area contributed by atoms with Gasteiger partial charge in [0.25, 0.3) is 0 Å². The number of hydrogen-bond acceptors (Lipinski definition) is 5. The lowest BCUT2D eigenvalue weighted by Crippen LogP contribution is -1.98. The van der Waals surface area contributed by atoms with Crippen molar-refractivity contribution in [2.75, 3.05) is 12.4 Å². The first-order valence-corrected chi connectivity index (χ1v) is 6.64. The molecule has 0 aliphatic heterocycles. The second kappa shape index (κ2) is 4.08. The van der Waals surface area contributed by atoms with Crippen LogP contribution in [-0.4, -0.2) is 27.2 Å². The fourth-order valence-electron chi connectivity index (χ4n) is 1.60. The third kappa shape index (κ3) is 1.71. The van der Waals surface area contributed by atoms with E-state index in [2.05, 4.69) is 46.8 Å². The van der Waals surface area contributed by atoms with Crippen molar-refractivity contribution in [1.29, 1.82) is 0 Å². The number of hydrogen-bond donors (Lipinski definition) is 2. The van der Waals surface area contributed by atoms with E-state index in [1.165, 1.54) is 0 Å². The van der Waals surface area contributed by atoms with Gasteiger partial charge in [-0.25, -0.2) is 4.98 Å². The van der Waals surface area contributed by atoms with Crippen LogP contribution in [0.5, 0.6) is 0 Å². The van der Waals surface area contributed by atoms with E-state index in [9.17, 15) is 0 Å². The Morgan fingerprint density at radius 1 is 1.35 bits per heavy atom. The van der Waals surface area contributed by atoms with E-state index in [1.807, 2.05) is 5.38 Å². The maximum atomic E-state index is 4.49. The Balaban J connectivity index is 2.34. The van der Waals surface area contributed by atoms with Crippen molar-refractivity contribution in [1.82, 2.24) is 20.2 Å². The van der Waals surface area contributed by atoms with Crippen molar-refractivity contribution in [2.24, 2.45) is 0 Å². The van der Waals surface area contributed by atoms with Gasteiger partial charge in [-0.2, -0.15) is 21.4 Å². The molecule has 86 valence electrons. The summed E-state index contributed by atoms with van der Waals surface area (Å²) in [6.07, 6.45) is 1.74. The number of nitrogens with zero attached hydrogens (tertiary/aromatic N) is 3. The standard InChI is InChI=1S/C10H8BrN5S/c1-12-10-14-8(6-3-17-4-7(6)11)5-2-13-16-9(5)15-10/h2-4H,1H3,(H2,12,13,14,15,16). The number of rotatable bonds is 2. The van der Waals surface area contributed by atoms with Crippen molar-refractivity contribution in [2.45, 2.75) is 0 Å². The molecule has 0 saturated heterocycles. The maximum absolute atomic E-state index is 4.49. The average molecular weight is 310 g/mol. The van der Waals surface area contributed by atoms with Gasteiger partial charge in [0.05, 0.1) is 17.3 Å². The SMILES string of the molecule is CNc1nc(-c2cscc2Br)c2cn[nH]c2n1. The largest absolute Gasteiger partial charge is 0.357 e. The molecule has 0 unspecified atom stereocenters. The molecular weight excluding hydrogens is 302 g/mol. The molecule has 0 spiro atoms. The van der Waals surface area contributed by atoms with Gasteiger partial charge >= 0.3 is 0 Å². The second-order valence-corrected chi connectivity index (χ2v) is 5.01. The molecule has 3 aromatic heterocycles. The molecule has 17 heavy (non-hydrogen) atoms. The number of H-pyrrole nitrogens is 1. The molecule has 0 saturated carbocycles. The number of aromatic amines is 1. The summed E-state index contributed by atoms with van der Waals surface area (Å²) in [5.74, 6) is 0.579. The van der Waals surface area contributed by atoms with Crippen LogP contribution in [0.2, 0.25) is 0 Å². The predicted octanol–water partition coefficient (Wildman–Crippen LogP) is 2.89. The molecule has 0 aliphatic rings. The van der Waals surface area contributed by atoms with Crippen molar-refractivity contribution < 1.29 is 0 Å². The Bertz CT molecular complexity index is 674. The van der Waals surface area contributed by atoms with Crippen LogP contribution < -0.4 is 5.32 Å². The molecule has 3 rings (SSSR count). The summed E-state index contributed by atoms with van der Waals surface area (Å²) in [7, 11) is 1.80. The molecule has 0 fully saturated rings. The molecule has 0 bridgehead atoms. The van der Waals surface area contributed by atoms with Crippen LogP contribution in [0.1, 0.15) is 0 Å². The number of aromatic nitrogens is 4. The first kappa shape index (κ1) is 10.7. The van der Waals surface area contributed by atoms with Gasteiger partial charge in [-0.15, -0.1) is 0 Å². The Hall–Kier alpha value is -1.47. The quantitative estimate of drug-likeness (QED) is 0.764. The summed E-state index contributed by atoms with van der Waals surface area (Å²) in [6.45, 7) is 0. The van der Waals surface area contributed by atoms with Crippen molar-refractivity contribution >= 4 is 44.2 Å². The average Bonchev–Trinajstić information content (AvgIpc) is 2.95. The van der Waals surface area contributed by atoms with E-state index in [4.69, 9.17) is 0 Å². The van der Waals surface area contributed by atoms with E-state index in [0.717, 1.165) is 26.8 Å². The lowest BCUT2D eigenvalue weighted by molar-refractivity contribution is 1.09. The minimum atomic E-state index is 0.579. The Labute approximate surface area is 109 Å². The molecular formula is C10H8BrN5S. The summed E-state index contributed by atoms with van der Waals surface area (Å²) in [5.41, 5.74) is 2.67. The fourth-order valence-corrected chi connectivity index (χ4v) is 3.07. The second-order valence-electron chi connectivity index (χ2n) is 3.41. The highest BCUT2D eigenvalue weighted by Gasteiger charge is 2.13. The molecule has 0 amide bonds. The number of thiophene rings is 1. The minimum absolute atomic E-state index is 0.579. The first-order valence-electron chi connectivity index (χ1n) is 4.90. The molecule has 0 aromatic carbocycles. The normalized spacial score (nSPS) is 10.9. The minimum Gasteiger partial charge on any atom is -0.357 e. The van der Waals surface area contributed by atoms with Gasteiger partial charge < -0.3 is 5.32 Å². The van der Waals surface area contributed by atoms with Crippen LogP contribution in [0.25, 0.3) is 22.3 Å². The first-order chi connectivity index (χ1) is 8.29. The van der Waals surface area contributed by atoms with Gasteiger partial charge in [-0.05, 0) is 15.9 Å². The van der Waals surface area contributed by atoms with Gasteiger partial charge in [-0.3, -0.25) is 5.10 Å². The van der Waals surface area contributed by atoms with E-state index < -0.39 is 0 Å². The highest BCUT2D eigenvalue weighted by atomic mass is 79.9. The molecule has 5 nitrogen and oxygen atoms in total. The van der Waals surface area contributed by atoms with Crippen molar-refractivity contribution in [3.63, 3.8) is 0 Å². The zero-order chi connectivity index (χ0) is 11.8. The number of halogens is 1. The van der Waals surface area contributed by atoms with Crippen molar-refractivity contribution in [3.8, 4) is 11.3 Å². The lowest BCUT2D eigenvalue weighted by atomic mass is 10.2. The third-order valence-corrected chi connectivity index (χ3v) is 4.11. The number of nitrogens with one attached hydrogen (secondary N) is 2. The molecule has 0 atom stereocenters. The summed E-state index contributed by atoms with van der Waals surface area (Å²) in [4.78, 5) is 8.79. The molecule has 3 aromatic rings. The van der Waals surface area contributed by atoms with E-state index >= 15 is 0 Å². The monoisotopic (exact) mass is 309 g/mol. The number of anilines is 1. The maximum Gasteiger partial charge on any atom is 0.225 e. The molecule has 0 radical (unpaired) electrons. The zero-order valence-electron chi connectivity index (χ0n) is 8.86. The third-order valence-electron chi connectivity index (χ3n) is 2.40. The molecule has 3 heterocycles. The van der Waals surface area contributed by atoms with Gasteiger partial charge in [0.1, 0.15) is 0 Å². The van der Waals surface area contributed by atoms with Gasteiger partial charge in [0, 0.05) is 27.8 Å². The van der Waals surface area contributed by atoms with Crippen molar-refractivity contribution in [3.05, 3.63) is 21.4 Å². The predicted molar refractivity (Wildman–Crippen MR) is 72.2 cm³/mol. The van der Waals surface area contributed by atoms with E-state index in [0.29, 0.717) is 5.95 Å². The Kier molecular flexibility index (Phi) is 2.56. The zero-order valence-corrected chi connectivity index (χ0v) is 11.3. The van der Waals surface area contributed by atoms with Crippen LogP contribution in [-0.2, 0) is 0 Å². The summed E-state index contributed by atoms with van der Waals surface area (Å²) in [6, 6.07) is 0. The van der Waals surface area contributed by atoms with Gasteiger partial charge in [0.15, 0.2) is 5.65 Å². The lowest BCUT2D eigenvalue weighted by Gasteiger charge is -2.04. The Morgan fingerprint density at radius 2 is 2.24 bits per heavy atom. The van der Waals surface area contributed by atoms with Crippen LogP contribution in [0, 0.1) is 0 Å². The summed E-state index contributed by atoms with van der Waals surface area (Å²) >= 11 is 5.15. The van der Waals surface area contributed by atoms with Crippen LogP contribution in [0.4, 0.5) is 5.95 Å². The summed E-state index contributed by atoms with van der Waals surface area (Å²) < 4.78 is 1.03. The summed E-state index contributed by atoms with van der Waals surface area (Å²) in [5, 5.41) is 14.8. The number of fused-ring (bicyclic) bond motifs is 1. The Morgan fingerprint density at radius 3 is 2.94 bits per heavy atom. The molecule has 0 aliphatic carbocycles. The van der Waals surface area contributed by atoms with Crippen LogP contribution in [0.15, 0.2) is 21.4 Å². The van der Waals surface area contributed by atoms with E-state index in [-0.39, 0.29) is 0 Å². The topological polar surface area (TPSA) is 66.5 Å². The van der Waals surface area contributed by atoms with E-state index in [1.54, 1.807) is 24.6 Å². The fraction of sp³-hybridized carbons (Fsp3) is 0.100. The molecule has 7 heteroatoms. The molecule has 2 N–H and O–H groups in total. The van der Waals surface area contributed by atoms with Crippen LogP contribution >= 0.6 is 27.3 Å². The van der Waals surface area contributed by atoms with Gasteiger partial charge in [-0.1, -0.05) is 0 Å². The highest BCUT2D eigenvalue weighted by Crippen LogP contribution is 2.34. The van der Waals surface area contributed by atoms with Crippen LogP contribution in [0.3, 0.4) is 0 Å². The smallest absolute Gasteiger partial charge is 0.225 e. The van der Waals surface area contributed by atoms with Gasteiger partial charge in [0.2, 0.25) is 5.95 Å². The highest BCUT2D eigenvalue weighted by molar-refractivity contribution is 9.10.